The van der Waals surface area contributed by atoms with Gasteiger partial charge in [-0.1, -0.05) is 158 Å². The summed E-state index contributed by atoms with van der Waals surface area (Å²) in [6, 6.07) is 76.0. The number of fused-ring (bicyclic) bond motifs is 4. The standard InChI is InChI=1S/C52H35NO/c1-2-10-36(11-3-1)37-20-22-38(23-21-37)39-24-29-44(30-25-39)53(45-31-26-41(27-32-45)48-18-9-13-40-12-4-5-16-47(40)48)46-15-8-14-42(34-46)43-28-33-52-50(35-43)49-17-6-7-19-51(49)54-52/h1-35H. The average molecular weight is 690 g/mol. The van der Waals surface area contributed by atoms with Crippen molar-refractivity contribution in [1.82, 2.24) is 0 Å². The van der Waals surface area contributed by atoms with Crippen LogP contribution in [0, 0.1) is 0 Å². The van der Waals surface area contributed by atoms with Crippen molar-refractivity contribution in [2.75, 3.05) is 4.90 Å². The summed E-state index contributed by atoms with van der Waals surface area (Å²) < 4.78 is 6.15. The van der Waals surface area contributed by atoms with E-state index in [4.69, 9.17) is 4.42 Å². The first kappa shape index (κ1) is 31.6. The second-order valence-electron chi connectivity index (χ2n) is 13.8. The molecule has 0 spiro atoms. The highest BCUT2D eigenvalue weighted by Crippen LogP contribution is 2.40. The molecular weight excluding hydrogens is 655 g/mol. The van der Waals surface area contributed by atoms with E-state index in [2.05, 4.69) is 205 Å². The highest BCUT2D eigenvalue weighted by atomic mass is 16.3. The molecule has 0 bridgehead atoms. The molecule has 0 aliphatic heterocycles. The predicted octanol–water partition coefficient (Wildman–Crippen LogP) is 14.9. The minimum Gasteiger partial charge on any atom is -0.456 e. The van der Waals surface area contributed by atoms with Crippen LogP contribution < -0.4 is 4.90 Å². The lowest BCUT2D eigenvalue weighted by molar-refractivity contribution is 0.669. The van der Waals surface area contributed by atoms with Gasteiger partial charge in [0.15, 0.2) is 0 Å². The molecule has 0 fully saturated rings. The largest absolute Gasteiger partial charge is 0.456 e. The van der Waals surface area contributed by atoms with Crippen LogP contribution in [-0.2, 0) is 0 Å². The lowest BCUT2D eigenvalue weighted by Gasteiger charge is -2.26. The van der Waals surface area contributed by atoms with E-state index in [-0.39, 0.29) is 0 Å². The van der Waals surface area contributed by atoms with Crippen molar-refractivity contribution in [3.05, 3.63) is 212 Å². The Morgan fingerprint density at radius 1 is 0.278 bits per heavy atom. The van der Waals surface area contributed by atoms with Gasteiger partial charge >= 0.3 is 0 Å². The molecule has 0 amide bonds. The third-order valence-corrected chi connectivity index (χ3v) is 10.5. The molecule has 0 N–H and O–H groups in total. The van der Waals surface area contributed by atoms with Crippen molar-refractivity contribution < 1.29 is 4.42 Å². The molecule has 0 saturated carbocycles. The first-order valence-corrected chi connectivity index (χ1v) is 18.4. The lowest BCUT2D eigenvalue weighted by atomic mass is 9.97. The van der Waals surface area contributed by atoms with Gasteiger partial charge in [-0.05, 0) is 110 Å². The number of hydrogen-bond acceptors (Lipinski definition) is 2. The normalized spacial score (nSPS) is 11.3. The van der Waals surface area contributed by atoms with Crippen LogP contribution >= 0.6 is 0 Å². The van der Waals surface area contributed by atoms with Gasteiger partial charge < -0.3 is 9.32 Å². The molecule has 1 aromatic heterocycles. The maximum Gasteiger partial charge on any atom is 0.135 e. The maximum absolute atomic E-state index is 6.15. The van der Waals surface area contributed by atoms with Crippen LogP contribution in [0.15, 0.2) is 217 Å². The van der Waals surface area contributed by atoms with E-state index in [1.54, 1.807) is 0 Å². The maximum atomic E-state index is 6.15. The van der Waals surface area contributed by atoms with Crippen LogP contribution in [0.3, 0.4) is 0 Å². The fourth-order valence-electron chi connectivity index (χ4n) is 7.73. The fraction of sp³-hybridized carbons (Fsp3) is 0. The van der Waals surface area contributed by atoms with Crippen LogP contribution in [0.4, 0.5) is 17.1 Å². The topological polar surface area (TPSA) is 16.4 Å². The molecule has 2 nitrogen and oxygen atoms in total. The average Bonchev–Trinajstić information content (AvgIpc) is 3.63. The van der Waals surface area contributed by atoms with Crippen molar-refractivity contribution in [3.8, 4) is 44.5 Å². The second kappa shape index (κ2) is 13.4. The molecule has 0 radical (unpaired) electrons. The molecule has 0 unspecified atom stereocenters. The van der Waals surface area contributed by atoms with Gasteiger partial charge in [-0.3, -0.25) is 0 Å². The van der Waals surface area contributed by atoms with Gasteiger partial charge in [0, 0.05) is 27.8 Å². The zero-order valence-electron chi connectivity index (χ0n) is 29.6. The summed E-state index contributed by atoms with van der Waals surface area (Å²) in [6.45, 7) is 0. The molecule has 0 atom stereocenters. The molecule has 9 aromatic carbocycles. The van der Waals surface area contributed by atoms with Crippen LogP contribution in [0.25, 0.3) is 77.2 Å². The van der Waals surface area contributed by atoms with Gasteiger partial charge in [0.05, 0.1) is 0 Å². The van der Waals surface area contributed by atoms with E-state index in [1.165, 1.54) is 44.2 Å². The number of nitrogens with zero attached hydrogens (tertiary/aromatic N) is 1. The van der Waals surface area contributed by atoms with E-state index in [9.17, 15) is 0 Å². The van der Waals surface area contributed by atoms with Gasteiger partial charge in [0.2, 0.25) is 0 Å². The van der Waals surface area contributed by atoms with Gasteiger partial charge in [-0.15, -0.1) is 0 Å². The highest BCUT2D eigenvalue weighted by molar-refractivity contribution is 6.06. The van der Waals surface area contributed by atoms with Gasteiger partial charge in [0.25, 0.3) is 0 Å². The fourth-order valence-corrected chi connectivity index (χ4v) is 7.73. The first-order valence-electron chi connectivity index (χ1n) is 18.4. The molecule has 2 heteroatoms. The number of anilines is 3. The van der Waals surface area contributed by atoms with E-state index in [1.807, 2.05) is 12.1 Å². The van der Waals surface area contributed by atoms with Crippen LogP contribution in [0.5, 0.6) is 0 Å². The van der Waals surface area contributed by atoms with Crippen molar-refractivity contribution in [2.45, 2.75) is 0 Å². The number of furan rings is 1. The molecule has 0 saturated heterocycles. The number of para-hydroxylation sites is 1. The zero-order chi connectivity index (χ0) is 35.8. The number of benzene rings is 9. The van der Waals surface area contributed by atoms with Gasteiger partial charge in [-0.2, -0.15) is 0 Å². The van der Waals surface area contributed by atoms with Crippen molar-refractivity contribution in [3.63, 3.8) is 0 Å². The molecule has 1 heterocycles. The first-order chi connectivity index (χ1) is 26.7. The summed E-state index contributed by atoms with van der Waals surface area (Å²) in [5.74, 6) is 0. The predicted molar refractivity (Wildman–Crippen MR) is 228 cm³/mol. The van der Waals surface area contributed by atoms with E-state index >= 15 is 0 Å². The Morgan fingerprint density at radius 2 is 0.778 bits per heavy atom. The molecular formula is C52H35NO. The minimum absolute atomic E-state index is 0.902. The lowest BCUT2D eigenvalue weighted by Crippen LogP contribution is -2.10. The Morgan fingerprint density at radius 3 is 1.52 bits per heavy atom. The van der Waals surface area contributed by atoms with Crippen LogP contribution in [-0.4, -0.2) is 0 Å². The smallest absolute Gasteiger partial charge is 0.135 e. The zero-order valence-corrected chi connectivity index (χ0v) is 29.6. The summed E-state index contributed by atoms with van der Waals surface area (Å²) in [6.07, 6.45) is 0. The van der Waals surface area contributed by atoms with E-state index < -0.39 is 0 Å². The number of hydrogen-bond donors (Lipinski definition) is 0. The highest BCUT2D eigenvalue weighted by Gasteiger charge is 2.16. The molecule has 0 aliphatic carbocycles. The van der Waals surface area contributed by atoms with Crippen molar-refractivity contribution in [2.24, 2.45) is 0 Å². The Balaban J connectivity index is 1.04. The van der Waals surface area contributed by atoms with Crippen molar-refractivity contribution >= 4 is 49.8 Å². The monoisotopic (exact) mass is 689 g/mol. The van der Waals surface area contributed by atoms with Gasteiger partial charge in [0.1, 0.15) is 11.2 Å². The molecule has 254 valence electrons. The Kier molecular flexibility index (Phi) is 7.85. The van der Waals surface area contributed by atoms with Crippen LogP contribution in [0.2, 0.25) is 0 Å². The quantitative estimate of drug-likeness (QED) is 0.166. The van der Waals surface area contributed by atoms with Gasteiger partial charge in [-0.25, -0.2) is 0 Å². The summed E-state index contributed by atoms with van der Waals surface area (Å²) >= 11 is 0. The molecule has 54 heavy (non-hydrogen) atoms. The third kappa shape index (κ3) is 5.81. The summed E-state index contributed by atoms with van der Waals surface area (Å²) in [7, 11) is 0. The van der Waals surface area contributed by atoms with Crippen molar-refractivity contribution in [1.29, 1.82) is 0 Å². The number of rotatable bonds is 7. The van der Waals surface area contributed by atoms with E-state index in [0.717, 1.165) is 50.1 Å². The van der Waals surface area contributed by atoms with Crippen LogP contribution in [0.1, 0.15) is 0 Å². The second-order valence-corrected chi connectivity index (χ2v) is 13.8. The minimum atomic E-state index is 0.902. The molecule has 0 aliphatic rings. The molecule has 10 aromatic rings. The summed E-state index contributed by atoms with van der Waals surface area (Å²) in [4.78, 5) is 2.35. The molecule has 10 rings (SSSR count). The Hall–Kier alpha value is -7.16. The Labute approximate surface area is 314 Å². The Bertz CT molecular complexity index is 2900. The third-order valence-electron chi connectivity index (χ3n) is 10.5. The summed E-state index contributed by atoms with van der Waals surface area (Å²) in [5.41, 5.74) is 14.6. The SMILES string of the molecule is c1ccc(-c2ccc(-c3ccc(N(c4ccc(-c5cccc6ccccc56)cc4)c4cccc(-c5ccc6oc7ccccc7c6c5)c4)cc3)cc2)cc1. The summed E-state index contributed by atoms with van der Waals surface area (Å²) in [5, 5.41) is 4.76. The van der Waals surface area contributed by atoms with E-state index in [0.29, 0.717) is 0 Å².